The molecule has 3 rings (SSSR count). The number of aliphatic imine (C=N–C) groups is 1. The molecule has 146 valence electrons. The standard InChI is InChI=1S/C19H27F2N3O.HI/c1-2-22-19(23-9-4-10-25-12-13-7-8-13)24-17-11-14(17)18-15(20)5-3-6-16(18)21;/h3,5-6,13-14,17H,2,4,7-12H2,1H3,(H2,22,23,24);1H. The normalized spacial score (nSPS) is 21.9. The zero-order valence-corrected chi connectivity index (χ0v) is 17.5. The first-order valence-corrected chi connectivity index (χ1v) is 9.25. The summed E-state index contributed by atoms with van der Waals surface area (Å²) in [6.07, 6.45) is 4.20. The third-order valence-electron chi connectivity index (χ3n) is 4.59. The molecule has 0 aromatic heterocycles. The van der Waals surface area contributed by atoms with E-state index >= 15 is 0 Å². The van der Waals surface area contributed by atoms with Gasteiger partial charge in [0.1, 0.15) is 11.6 Å². The van der Waals surface area contributed by atoms with Crippen molar-refractivity contribution in [3.63, 3.8) is 0 Å². The molecule has 2 aliphatic rings. The number of benzene rings is 1. The third-order valence-corrected chi connectivity index (χ3v) is 4.59. The smallest absolute Gasteiger partial charge is 0.191 e. The molecule has 2 unspecified atom stereocenters. The van der Waals surface area contributed by atoms with Crippen LogP contribution in [0.5, 0.6) is 0 Å². The molecule has 2 atom stereocenters. The highest BCUT2D eigenvalue weighted by molar-refractivity contribution is 14.0. The van der Waals surface area contributed by atoms with Crippen molar-refractivity contribution in [3.05, 3.63) is 35.4 Å². The second kappa shape index (κ2) is 10.4. The highest BCUT2D eigenvalue weighted by atomic mass is 127. The predicted molar refractivity (Wildman–Crippen MR) is 110 cm³/mol. The van der Waals surface area contributed by atoms with Crippen LogP contribution in [0.4, 0.5) is 8.78 Å². The Morgan fingerprint density at radius 3 is 2.65 bits per heavy atom. The highest BCUT2D eigenvalue weighted by Crippen LogP contribution is 2.43. The molecule has 1 aromatic carbocycles. The molecule has 1 aromatic rings. The van der Waals surface area contributed by atoms with Gasteiger partial charge in [0.15, 0.2) is 5.96 Å². The van der Waals surface area contributed by atoms with Gasteiger partial charge in [0.05, 0.1) is 0 Å². The summed E-state index contributed by atoms with van der Waals surface area (Å²) in [5, 5.41) is 6.46. The summed E-state index contributed by atoms with van der Waals surface area (Å²) in [6.45, 7) is 5.02. The lowest BCUT2D eigenvalue weighted by Crippen LogP contribution is -2.39. The van der Waals surface area contributed by atoms with E-state index in [2.05, 4.69) is 15.6 Å². The average molecular weight is 479 g/mol. The topological polar surface area (TPSA) is 45.7 Å². The minimum Gasteiger partial charge on any atom is -0.381 e. The molecule has 0 bridgehead atoms. The molecule has 0 radical (unpaired) electrons. The van der Waals surface area contributed by atoms with Crippen LogP contribution in [0.25, 0.3) is 0 Å². The van der Waals surface area contributed by atoms with Crippen LogP contribution in [0.3, 0.4) is 0 Å². The fourth-order valence-corrected chi connectivity index (χ4v) is 2.93. The fourth-order valence-electron chi connectivity index (χ4n) is 2.93. The Bertz CT molecular complexity index is 590. The van der Waals surface area contributed by atoms with Gasteiger partial charge in [-0.05, 0) is 50.7 Å². The summed E-state index contributed by atoms with van der Waals surface area (Å²) in [7, 11) is 0. The van der Waals surface area contributed by atoms with E-state index in [4.69, 9.17) is 4.74 Å². The van der Waals surface area contributed by atoms with Crippen LogP contribution in [0, 0.1) is 17.6 Å². The second-order valence-electron chi connectivity index (χ2n) is 6.86. The van der Waals surface area contributed by atoms with Crippen LogP contribution in [0.1, 0.15) is 44.1 Å². The Morgan fingerprint density at radius 2 is 2.00 bits per heavy atom. The van der Waals surface area contributed by atoms with Gasteiger partial charge in [0.2, 0.25) is 0 Å². The molecule has 0 saturated heterocycles. The zero-order chi connectivity index (χ0) is 17.6. The second-order valence-corrected chi connectivity index (χ2v) is 6.86. The third kappa shape index (κ3) is 6.33. The number of nitrogens with one attached hydrogen (secondary N) is 2. The number of hydrogen-bond acceptors (Lipinski definition) is 2. The molecule has 4 nitrogen and oxygen atoms in total. The lowest BCUT2D eigenvalue weighted by molar-refractivity contribution is 0.123. The Kier molecular flexibility index (Phi) is 8.53. The highest BCUT2D eigenvalue weighted by Gasteiger charge is 2.42. The molecule has 7 heteroatoms. The number of guanidine groups is 1. The van der Waals surface area contributed by atoms with Crippen LogP contribution in [-0.2, 0) is 4.74 Å². The van der Waals surface area contributed by atoms with Crippen molar-refractivity contribution in [2.45, 2.75) is 44.6 Å². The monoisotopic (exact) mass is 479 g/mol. The molecule has 2 aliphatic carbocycles. The Morgan fingerprint density at radius 1 is 1.27 bits per heavy atom. The lowest BCUT2D eigenvalue weighted by Gasteiger charge is -2.12. The van der Waals surface area contributed by atoms with E-state index in [1.54, 1.807) is 0 Å². The van der Waals surface area contributed by atoms with Crippen molar-refractivity contribution < 1.29 is 13.5 Å². The van der Waals surface area contributed by atoms with Crippen molar-refractivity contribution in [3.8, 4) is 0 Å². The SMILES string of the molecule is CCNC(=NCCCOCC1CC1)NC1CC1c1c(F)cccc1F.I. The van der Waals surface area contributed by atoms with Gasteiger partial charge in [0, 0.05) is 43.8 Å². The van der Waals surface area contributed by atoms with Crippen LogP contribution in [0.2, 0.25) is 0 Å². The van der Waals surface area contributed by atoms with E-state index in [0.29, 0.717) is 18.9 Å². The molecular formula is C19H28F2IN3O. The molecule has 2 N–H and O–H groups in total. The number of ether oxygens (including phenoxy) is 1. The predicted octanol–water partition coefficient (Wildman–Crippen LogP) is 3.81. The zero-order valence-electron chi connectivity index (χ0n) is 15.1. The van der Waals surface area contributed by atoms with Crippen molar-refractivity contribution in [1.82, 2.24) is 10.6 Å². The summed E-state index contributed by atoms with van der Waals surface area (Å²) < 4.78 is 33.3. The van der Waals surface area contributed by atoms with Gasteiger partial charge in [-0.15, -0.1) is 24.0 Å². The Balaban J connectivity index is 0.00000243. The lowest BCUT2D eigenvalue weighted by atomic mass is 10.1. The number of halogens is 3. The molecule has 2 fully saturated rings. The molecule has 0 heterocycles. The van der Waals surface area contributed by atoms with Crippen LogP contribution >= 0.6 is 24.0 Å². The number of nitrogens with zero attached hydrogens (tertiary/aromatic N) is 1. The Labute approximate surface area is 171 Å². The first kappa shape index (κ1) is 21.3. The molecule has 0 spiro atoms. The van der Waals surface area contributed by atoms with E-state index in [1.165, 1.54) is 31.0 Å². The van der Waals surface area contributed by atoms with Gasteiger partial charge in [-0.2, -0.15) is 0 Å². The van der Waals surface area contributed by atoms with Crippen molar-refractivity contribution in [2.24, 2.45) is 10.9 Å². The van der Waals surface area contributed by atoms with Gasteiger partial charge in [0.25, 0.3) is 0 Å². The van der Waals surface area contributed by atoms with Crippen molar-refractivity contribution in [1.29, 1.82) is 0 Å². The maximum atomic E-state index is 13.9. The number of hydrogen-bond donors (Lipinski definition) is 2. The number of rotatable bonds is 9. The van der Waals surface area contributed by atoms with Gasteiger partial charge >= 0.3 is 0 Å². The average Bonchev–Trinajstić information content (AvgIpc) is 3.48. The van der Waals surface area contributed by atoms with E-state index in [0.717, 1.165) is 32.1 Å². The summed E-state index contributed by atoms with van der Waals surface area (Å²) in [4.78, 5) is 4.53. The van der Waals surface area contributed by atoms with Gasteiger partial charge in [-0.25, -0.2) is 8.78 Å². The fraction of sp³-hybridized carbons (Fsp3) is 0.632. The molecule has 2 saturated carbocycles. The molecule has 26 heavy (non-hydrogen) atoms. The van der Waals surface area contributed by atoms with Gasteiger partial charge < -0.3 is 15.4 Å². The van der Waals surface area contributed by atoms with Crippen LogP contribution in [-0.4, -0.2) is 38.3 Å². The first-order chi connectivity index (χ1) is 12.2. The Hall–Kier alpha value is -0.960. The van der Waals surface area contributed by atoms with Crippen molar-refractivity contribution >= 4 is 29.9 Å². The van der Waals surface area contributed by atoms with Crippen LogP contribution in [0.15, 0.2) is 23.2 Å². The minimum atomic E-state index is -0.468. The van der Waals surface area contributed by atoms with E-state index in [-0.39, 0.29) is 41.5 Å². The first-order valence-electron chi connectivity index (χ1n) is 9.25. The maximum absolute atomic E-state index is 13.9. The van der Waals surface area contributed by atoms with E-state index < -0.39 is 11.6 Å². The summed E-state index contributed by atoms with van der Waals surface area (Å²) in [5.41, 5.74) is 0.185. The summed E-state index contributed by atoms with van der Waals surface area (Å²) >= 11 is 0. The summed E-state index contributed by atoms with van der Waals surface area (Å²) in [6, 6.07) is 4.05. The molecule has 0 aliphatic heterocycles. The van der Waals surface area contributed by atoms with Gasteiger partial charge in [-0.1, -0.05) is 6.07 Å². The quantitative estimate of drug-likeness (QED) is 0.245. The largest absolute Gasteiger partial charge is 0.381 e. The minimum absolute atomic E-state index is 0. The summed E-state index contributed by atoms with van der Waals surface area (Å²) in [5.74, 6) is 0.419. The van der Waals surface area contributed by atoms with E-state index in [9.17, 15) is 8.78 Å². The maximum Gasteiger partial charge on any atom is 0.191 e. The van der Waals surface area contributed by atoms with Crippen molar-refractivity contribution in [2.75, 3.05) is 26.3 Å². The molecule has 0 amide bonds. The van der Waals surface area contributed by atoms with Gasteiger partial charge in [-0.3, -0.25) is 4.99 Å². The van der Waals surface area contributed by atoms with E-state index in [1.807, 2.05) is 6.92 Å². The van der Waals surface area contributed by atoms with Crippen LogP contribution < -0.4 is 10.6 Å². The molecular weight excluding hydrogens is 451 g/mol.